The molecule has 0 bridgehead atoms. The first-order chi connectivity index (χ1) is 14.4. The molecule has 1 amide bonds. The maximum absolute atomic E-state index is 13.1. The number of aryl methyl sites for hydroxylation is 1. The predicted molar refractivity (Wildman–Crippen MR) is 111 cm³/mol. The van der Waals surface area contributed by atoms with Crippen molar-refractivity contribution in [2.24, 2.45) is 7.05 Å². The molecule has 1 aromatic carbocycles. The fourth-order valence-corrected chi connectivity index (χ4v) is 5.05. The molecule has 1 saturated heterocycles. The summed E-state index contributed by atoms with van der Waals surface area (Å²) in [4.78, 5) is 18.8. The first-order valence-corrected chi connectivity index (χ1v) is 11.2. The van der Waals surface area contributed by atoms with Crippen LogP contribution >= 0.6 is 0 Å². The van der Waals surface area contributed by atoms with Crippen LogP contribution in [0.3, 0.4) is 0 Å². The fraction of sp³-hybridized carbons (Fsp3) is 0.350. The van der Waals surface area contributed by atoms with Crippen molar-refractivity contribution in [1.29, 1.82) is 0 Å². The number of carbonyl (C=O) groups excluding carboxylic acids is 1. The second-order valence-corrected chi connectivity index (χ2v) is 9.20. The summed E-state index contributed by atoms with van der Waals surface area (Å²) < 4.78 is 30.4. The van der Waals surface area contributed by atoms with Gasteiger partial charge in [-0.3, -0.25) is 4.79 Å². The van der Waals surface area contributed by atoms with E-state index in [4.69, 9.17) is 0 Å². The lowest BCUT2D eigenvalue weighted by Crippen LogP contribution is -2.37. The van der Waals surface area contributed by atoms with Gasteiger partial charge in [0.15, 0.2) is 5.03 Å². The third-order valence-electron chi connectivity index (χ3n) is 5.27. The molecule has 158 valence electrons. The van der Waals surface area contributed by atoms with E-state index in [9.17, 15) is 13.2 Å². The summed E-state index contributed by atoms with van der Waals surface area (Å²) in [6, 6.07) is 9.63. The highest BCUT2D eigenvalue weighted by Crippen LogP contribution is 2.19. The summed E-state index contributed by atoms with van der Waals surface area (Å²) in [5.41, 5.74) is 2.17. The summed E-state index contributed by atoms with van der Waals surface area (Å²) in [6.07, 6.45) is 5.10. The molecule has 0 saturated carbocycles. The fourth-order valence-electron chi connectivity index (χ4n) is 3.61. The number of amides is 1. The molecule has 1 aliphatic heterocycles. The number of rotatable bonds is 4. The normalized spacial score (nSPS) is 15.9. The van der Waals surface area contributed by atoms with Crippen LogP contribution in [0.2, 0.25) is 0 Å². The molecule has 3 aromatic rings. The van der Waals surface area contributed by atoms with E-state index in [0.717, 1.165) is 11.4 Å². The molecule has 0 aliphatic carbocycles. The van der Waals surface area contributed by atoms with Gasteiger partial charge in [-0.15, -0.1) is 0 Å². The Balaban J connectivity index is 1.50. The van der Waals surface area contributed by atoms with Gasteiger partial charge in [0.05, 0.1) is 29.5 Å². The third kappa shape index (κ3) is 3.75. The highest BCUT2D eigenvalue weighted by molar-refractivity contribution is 7.89. The quantitative estimate of drug-likeness (QED) is 0.627. The molecule has 1 aliphatic rings. The number of nitrogens with zero attached hydrogens (tertiary/aromatic N) is 6. The Morgan fingerprint density at radius 2 is 1.83 bits per heavy atom. The average molecular weight is 429 g/mol. The zero-order chi connectivity index (χ0) is 21.3. The maximum Gasteiger partial charge on any atom is 0.262 e. The molecule has 0 N–H and O–H groups in total. The predicted octanol–water partition coefficient (Wildman–Crippen LogP) is 1.45. The maximum atomic E-state index is 13.1. The van der Waals surface area contributed by atoms with E-state index in [0.29, 0.717) is 31.6 Å². The Hall–Kier alpha value is -2.98. The third-order valence-corrected chi connectivity index (χ3v) is 7.05. The summed E-state index contributed by atoms with van der Waals surface area (Å²) in [7, 11) is -1.94. The van der Waals surface area contributed by atoms with Crippen molar-refractivity contribution in [3.63, 3.8) is 0 Å². The van der Waals surface area contributed by atoms with E-state index in [1.807, 2.05) is 37.3 Å². The lowest BCUT2D eigenvalue weighted by atomic mass is 10.2. The van der Waals surface area contributed by atoms with Crippen molar-refractivity contribution in [2.75, 3.05) is 26.2 Å². The minimum absolute atomic E-state index is 0.0322. The number of carbonyl (C=O) groups is 1. The average Bonchev–Trinajstić information content (AvgIpc) is 3.25. The highest BCUT2D eigenvalue weighted by atomic mass is 32.2. The van der Waals surface area contributed by atoms with Crippen LogP contribution in [-0.4, -0.2) is 69.0 Å². The molecular weight excluding hydrogens is 404 g/mol. The van der Waals surface area contributed by atoms with Crippen LogP contribution in [0.25, 0.3) is 5.69 Å². The van der Waals surface area contributed by atoms with Crippen LogP contribution < -0.4 is 0 Å². The van der Waals surface area contributed by atoms with Crippen molar-refractivity contribution >= 4 is 15.9 Å². The van der Waals surface area contributed by atoms with Crippen LogP contribution in [0.4, 0.5) is 0 Å². The second-order valence-electron chi connectivity index (χ2n) is 7.32. The van der Waals surface area contributed by atoms with Gasteiger partial charge < -0.3 is 9.47 Å². The number of aromatic nitrogens is 4. The number of hydrogen-bond acceptors (Lipinski definition) is 5. The number of hydrogen-bond donors (Lipinski definition) is 0. The molecular formula is C20H24N6O3S. The summed E-state index contributed by atoms with van der Waals surface area (Å²) in [6.45, 7) is 3.26. The monoisotopic (exact) mass is 428 g/mol. The number of para-hydroxylation sites is 1. The van der Waals surface area contributed by atoms with Crippen LogP contribution in [-0.2, 0) is 17.1 Å². The molecule has 10 heteroatoms. The van der Waals surface area contributed by atoms with Crippen LogP contribution in [0.1, 0.15) is 22.5 Å². The lowest BCUT2D eigenvalue weighted by molar-refractivity contribution is 0.0763. The van der Waals surface area contributed by atoms with E-state index in [-0.39, 0.29) is 17.5 Å². The van der Waals surface area contributed by atoms with Gasteiger partial charge in [0.1, 0.15) is 0 Å². The Morgan fingerprint density at radius 1 is 1.07 bits per heavy atom. The first-order valence-electron chi connectivity index (χ1n) is 9.75. The molecule has 0 atom stereocenters. The largest absolute Gasteiger partial charge is 0.339 e. The molecule has 1 fully saturated rings. The van der Waals surface area contributed by atoms with Gasteiger partial charge in [-0.25, -0.2) is 18.1 Å². The molecule has 0 unspecified atom stereocenters. The van der Waals surface area contributed by atoms with E-state index in [1.54, 1.807) is 27.4 Å². The number of sulfonamides is 1. The van der Waals surface area contributed by atoms with Crippen molar-refractivity contribution < 1.29 is 13.2 Å². The van der Waals surface area contributed by atoms with Gasteiger partial charge in [-0.05, 0) is 25.5 Å². The van der Waals surface area contributed by atoms with Gasteiger partial charge in [-0.1, -0.05) is 18.2 Å². The Kier molecular flexibility index (Phi) is 5.44. The summed E-state index contributed by atoms with van der Waals surface area (Å²) >= 11 is 0. The molecule has 4 rings (SSSR count). The Labute approximate surface area is 175 Å². The Morgan fingerprint density at radius 3 is 2.53 bits per heavy atom. The van der Waals surface area contributed by atoms with Crippen molar-refractivity contribution in [2.45, 2.75) is 18.4 Å². The number of benzene rings is 1. The SMILES string of the molecule is Cc1c(C(=O)N2CCCN(S(=O)(=O)c3cn(C)cn3)CC2)cnn1-c1ccccc1. The Bertz CT molecular complexity index is 1150. The smallest absolute Gasteiger partial charge is 0.262 e. The lowest BCUT2D eigenvalue weighted by Gasteiger charge is -2.21. The highest BCUT2D eigenvalue weighted by Gasteiger charge is 2.30. The van der Waals surface area contributed by atoms with Gasteiger partial charge in [0.2, 0.25) is 0 Å². The molecule has 30 heavy (non-hydrogen) atoms. The minimum Gasteiger partial charge on any atom is -0.339 e. The van der Waals surface area contributed by atoms with E-state index in [1.165, 1.54) is 16.8 Å². The van der Waals surface area contributed by atoms with Gasteiger partial charge in [0.25, 0.3) is 15.9 Å². The van der Waals surface area contributed by atoms with Crippen LogP contribution in [0.15, 0.2) is 54.1 Å². The van der Waals surface area contributed by atoms with Crippen LogP contribution in [0.5, 0.6) is 0 Å². The van der Waals surface area contributed by atoms with Gasteiger partial charge >= 0.3 is 0 Å². The summed E-state index contributed by atoms with van der Waals surface area (Å²) in [5.74, 6) is -0.133. The van der Waals surface area contributed by atoms with E-state index < -0.39 is 10.0 Å². The number of imidazole rings is 1. The van der Waals surface area contributed by atoms with Crippen molar-refractivity contribution in [1.82, 2.24) is 28.5 Å². The minimum atomic E-state index is -3.67. The van der Waals surface area contributed by atoms with Crippen molar-refractivity contribution in [3.05, 3.63) is 60.3 Å². The second kappa shape index (κ2) is 8.04. The van der Waals surface area contributed by atoms with Crippen LogP contribution in [0, 0.1) is 6.92 Å². The topological polar surface area (TPSA) is 93.3 Å². The van der Waals surface area contributed by atoms with E-state index >= 15 is 0 Å². The standard InChI is InChI=1S/C20H24N6O3S/c1-16-18(13-22-26(16)17-7-4-3-5-8-17)20(27)24-9-6-10-25(12-11-24)30(28,29)19-14-23(2)15-21-19/h3-5,7-8,13-15H,6,9-12H2,1-2H3. The van der Waals surface area contributed by atoms with Gasteiger partial charge in [0, 0.05) is 39.4 Å². The molecule has 2 aromatic heterocycles. The van der Waals surface area contributed by atoms with Crippen molar-refractivity contribution in [3.8, 4) is 5.69 Å². The van der Waals surface area contributed by atoms with E-state index in [2.05, 4.69) is 10.1 Å². The summed E-state index contributed by atoms with van der Waals surface area (Å²) in [5, 5.41) is 4.41. The zero-order valence-corrected chi connectivity index (χ0v) is 17.8. The molecule has 3 heterocycles. The molecule has 0 radical (unpaired) electrons. The molecule has 0 spiro atoms. The zero-order valence-electron chi connectivity index (χ0n) is 17.0. The molecule has 9 nitrogen and oxygen atoms in total. The van der Waals surface area contributed by atoms with Gasteiger partial charge in [-0.2, -0.15) is 9.40 Å². The first kappa shape index (κ1) is 20.3.